The van der Waals surface area contributed by atoms with Crippen LogP contribution in [0, 0.1) is 5.92 Å². The van der Waals surface area contributed by atoms with Crippen LogP contribution in [0.25, 0.3) is 10.1 Å². The number of sulfonamides is 1. The van der Waals surface area contributed by atoms with Gasteiger partial charge in [-0.25, -0.2) is 12.7 Å². The van der Waals surface area contributed by atoms with Crippen molar-refractivity contribution in [1.29, 1.82) is 0 Å². The molecule has 2 aliphatic rings. The van der Waals surface area contributed by atoms with Crippen molar-refractivity contribution in [3.05, 3.63) is 67.6 Å². The van der Waals surface area contributed by atoms with Crippen LogP contribution < -0.4 is 10.2 Å². The molecule has 0 spiro atoms. The maximum atomic E-state index is 13.0. The van der Waals surface area contributed by atoms with E-state index in [9.17, 15) is 18.0 Å². The van der Waals surface area contributed by atoms with Crippen LogP contribution in [0.15, 0.2) is 46.1 Å². The molecule has 35 heavy (non-hydrogen) atoms. The van der Waals surface area contributed by atoms with Crippen molar-refractivity contribution < 1.29 is 17.9 Å². The standard InChI is InChI=1S/C26H26ClNO5S2/c1-2-16-5-8-19-22(13-16)34-23-15-18(7-10-20(23)25(19)29)33-12-4-3-11-28-26(30)21-9-6-17(27)14-24(21)35(28,31)32/h6-7,9-10,14-16H,2-5,8,11-13H2,1H3. The van der Waals surface area contributed by atoms with E-state index in [1.54, 1.807) is 11.3 Å². The van der Waals surface area contributed by atoms with Gasteiger partial charge in [0.05, 0.1) is 12.2 Å². The lowest BCUT2D eigenvalue weighted by Crippen LogP contribution is -2.31. The van der Waals surface area contributed by atoms with Gasteiger partial charge >= 0.3 is 0 Å². The highest BCUT2D eigenvalue weighted by Gasteiger charge is 2.40. The Hall–Kier alpha value is -2.42. The Labute approximate surface area is 213 Å². The molecule has 0 N–H and O–H groups in total. The molecular weight excluding hydrogens is 506 g/mol. The van der Waals surface area contributed by atoms with E-state index in [1.807, 2.05) is 18.2 Å². The Bertz CT molecular complexity index is 1480. The van der Waals surface area contributed by atoms with Crippen LogP contribution in [0.4, 0.5) is 0 Å². The van der Waals surface area contributed by atoms with Gasteiger partial charge in [0.25, 0.3) is 15.9 Å². The first kappa shape index (κ1) is 24.3. The second-order valence-corrected chi connectivity index (χ2v) is 12.5. The molecule has 6 nitrogen and oxygen atoms in total. The van der Waals surface area contributed by atoms with E-state index in [1.165, 1.54) is 23.1 Å². The van der Waals surface area contributed by atoms with E-state index >= 15 is 0 Å². The minimum atomic E-state index is -3.87. The zero-order chi connectivity index (χ0) is 24.7. The fraction of sp³-hybridized carbons (Fsp3) is 0.385. The summed E-state index contributed by atoms with van der Waals surface area (Å²) in [5.41, 5.74) is 1.29. The number of halogens is 1. The summed E-state index contributed by atoms with van der Waals surface area (Å²) in [6.07, 6.45) is 5.10. The molecule has 5 rings (SSSR count). The summed E-state index contributed by atoms with van der Waals surface area (Å²) in [7, 11) is -3.87. The highest BCUT2D eigenvalue weighted by Crippen LogP contribution is 2.34. The lowest BCUT2D eigenvalue weighted by atomic mass is 9.87. The number of amides is 1. The zero-order valence-corrected chi connectivity index (χ0v) is 21.8. The molecule has 0 saturated heterocycles. The van der Waals surface area contributed by atoms with Gasteiger partial charge in [0, 0.05) is 32.1 Å². The predicted octanol–water partition coefficient (Wildman–Crippen LogP) is 5.43. The van der Waals surface area contributed by atoms with E-state index in [0.29, 0.717) is 31.1 Å². The zero-order valence-electron chi connectivity index (χ0n) is 19.4. The van der Waals surface area contributed by atoms with E-state index in [-0.39, 0.29) is 27.5 Å². The van der Waals surface area contributed by atoms with Crippen molar-refractivity contribution >= 4 is 49.0 Å². The van der Waals surface area contributed by atoms with Crippen LogP contribution in [-0.4, -0.2) is 31.8 Å². The molecule has 0 saturated carbocycles. The summed E-state index contributed by atoms with van der Waals surface area (Å²) in [6.45, 7) is 2.67. The van der Waals surface area contributed by atoms with Gasteiger partial charge in [0.15, 0.2) is 5.43 Å². The third kappa shape index (κ3) is 4.47. The average molecular weight is 532 g/mol. The molecule has 0 bridgehead atoms. The fourth-order valence-electron chi connectivity index (χ4n) is 4.84. The van der Waals surface area contributed by atoms with Crippen LogP contribution in [0.1, 0.15) is 53.4 Å². The van der Waals surface area contributed by atoms with Crippen molar-refractivity contribution in [2.24, 2.45) is 5.92 Å². The van der Waals surface area contributed by atoms with Crippen molar-refractivity contribution in [2.45, 2.75) is 50.3 Å². The smallest absolute Gasteiger partial charge is 0.269 e. The number of carbonyl (C=O) groups is 1. The number of unbranched alkanes of at least 4 members (excludes halogenated alkanes) is 1. The molecule has 9 heteroatoms. The molecule has 2 heterocycles. The molecule has 3 aromatic rings. The number of hydrogen-bond donors (Lipinski definition) is 0. The Morgan fingerprint density at radius 2 is 1.97 bits per heavy atom. The molecule has 1 unspecified atom stereocenters. The molecule has 2 aromatic carbocycles. The monoisotopic (exact) mass is 531 g/mol. The molecule has 0 fully saturated rings. The van der Waals surface area contributed by atoms with Crippen LogP contribution in [0.2, 0.25) is 5.02 Å². The summed E-state index contributed by atoms with van der Waals surface area (Å²) in [4.78, 5) is 26.7. The molecule has 1 aliphatic carbocycles. The molecule has 1 atom stereocenters. The van der Waals surface area contributed by atoms with Gasteiger partial charge in [0.2, 0.25) is 0 Å². The normalized spacial score (nSPS) is 18.5. The predicted molar refractivity (Wildman–Crippen MR) is 138 cm³/mol. The molecule has 1 aliphatic heterocycles. The third-order valence-corrected chi connectivity index (χ3v) is 10.2. The number of benzene rings is 2. The number of nitrogens with zero attached hydrogens (tertiary/aromatic N) is 1. The van der Waals surface area contributed by atoms with Crippen LogP contribution in [0.3, 0.4) is 0 Å². The number of fused-ring (bicyclic) bond motifs is 3. The van der Waals surface area contributed by atoms with E-state index < -0.39 is 15.9 Å². The van der Waals surface area contributed by atoms with Crippen molar-refractivity contribution in [3.8, 4) is 5.75 Å². The molecule has 0 radical (unpaired) electrons. The number of ether oxygens (including phenoxy) is 1. The van der Waals surface area contributed by atoms with Gasteiger partial charge in [-0.15, -0.1) is 11.3 Å². The Morgan fingerprint density at radius 1 is 1.14 bits per heavy atom. The van der Waals surface area contributed by atoms with Crippen molar-refractivity contribution in [3.63, 3.8) is 0 Å². The molecule has 184 valence electrons. The van der Waals surface area contributed by atoms with Crippen LogP contribution >= 0.6 is 22.9 Å². The summed E-state index contributed by atoms with van der Waals surface area (Å²) in [6, 6.07) is 9.87. The molecule has 1 amide bonds. The lowest BCUT2D eigenvalue weighted by molar-refractivity contribution is 0.0868. The maximum absolute atomic E-state index is 13.0. The average Bonchev–Trinajstić information content (AvgIpc) is 3.03. The quantitative estimate of drug-likeness (QED) is 0.379. The number of rotatable bonds is 7. The summed E-state index contributed by atoms with van der Waals surface area (Å²) >= 11 is 7.61. The number of carbonyl (C=O) groups excluding carboxylic acids is 1. The summed E-state index contributed by atoms with van der Waals surface area (Å²) in [5, 5.41) is 1.02. The lowest BCUT2D eigenvalue weighted by Gasteiger charge is -2.22. The molecular formula is C26H26ClNO5S2. The van der Waals surface area contributed by atoms with Gasteiger partial charge in [-0.2, -0.15) is 0 Å². The van der Waals surface area contributed by atoms with Crippen molar-refractivity contribution in [2.75, 3.05) is 13.2 Å². The first-order chi connectivity index (χ1) is 16.8. The first-order valence-electron chi connectivity index (χ1n) is 11.9. The topological polar surface area (TPSA) is 80.8 Å². The Morgan fingerprint density at radius 3 is 2.77 bits per heavy atom. The van der Waals surface area contributed by atoms with Gasteiger partial charge in [-0.3, -0.25) is 9.59 Å². The summed E-state index contributed by atoms with van der Waals surface area (Å²) in [5.74, 6) is 0.810. The fourth-order valence-corrected chi connectivity index (χ4v) is 8.06. The second kappa shape index (κ2) is 9.56. The SMILES string of the molecule is CCC1CCc2c(sc3cc(OCCCCN4C(=O)c5ccc(Cl)cc5S4(=O)=O)ccc3c2=O)C1. The maximum Gasteiger partial charge on any atom is 0.269 e. The second-order valence-electron chi connectivity index (χ2n) is 9.09. The highest BCUT2D eigenvalue weighted by molar-refractivity contribution is 7.90. The molecule has 1 aromatic heterocycles. The highest BCUT2D eigenvalue weighted by atomic mass is 35.5. The van der Waals surface area contributed by atoms with Gasteiger partial charge in [-0.05, 0) is 74.4 Å². The van der Waals surface area contributed by atoms with E-state index in [2.05, 4.69) is 6.92 Å². The van der Waals surface area contributed by atoms with Crippen molar-refractivity contribution in [1.82, 2.24) is 4.31 Å². The minimum Gasteiger partial charge on any atom is -0.494 e. The minimum absolute atomic E-state index is 0.0335. The van der Waals surface area contributed by atoms with Gasteiger partial charge in [-0.1, -0.05) is 24.9 Å². The van der Waals surface area contributed by atoms with Gasteiger partial charge < -0.3 is 4.74 Å². The van der Waals surface area contributed by atoms with E-state index in [0.717, 1.165) is 45.6 Å². The van der Waals surface area contributed by atoms with E-state index in [4.69, 9.17) is 16.3 Å². The van der Waals surface area contributed by atoms with Gasteiger partial charge in [0.1, 0.15) is 10.6 Å². The summed E-state index contributed by atoms with van der Waals surface area (Å²) < 4.78 is 33.2. The Balaban J connectivity index is 1.21. The first-order valence-corrected chi connectivity index (χ1v) is 14.5. The largest absolute Gasteiger partial charge is 0.494 e. The van der Waals surface area contributed by atoms with Crippen LogP contribution in [-0.2, 0) is 22.9 Å². The van der Waals surface area contributed by atoms with Crippen LogP contribution in [0.5, 0.6) is 5.75 Å². The third-order valence-electron chi connectivity index (χ3n) is 6.89. The Kier molecular flexibility index (Phi) is 6.63. The number of hydrogen-bond acceptors (Lipinski definition) is 6.